The molecule has 0 unspecified atom stereocenters. The first kappa shape index (κ1) is 14.5. The van der Waals surface area contributed by atoms with Crippen LogP contribution in [-0.4, -0.2) is 0 Å². The Bertz CT molecular complexity index is 79.9. The standard InChI is InChI=1S/C8H17.C4H9/c1-7(2)6-8(3,4)5;1-4(2)3/h6H2,1-5H3;1-3H3. The molecule has 0 aromatic carbocycles. The van der Waals surface area contributed by atoms with Crippen LogP contribution in [0.25, 0.3) is 0 Å². The molecule has 0 aromatic rings. The summed E-state index contributed by atoms with van der Waals surface area (Å²) >= 11 is 0. The largest absolute Gasteiger partial charge is 0.0602 e. The summed E-state index contributed by atoms with van der Waals surface area (Å²) in [6.07, 6.45) is 1.24. The third kappa shape index (κ3) is 32.4. The Hall–Kier alpha value is 0. The van der Waals surface area contributed by atoms with Gasteiger partial charge in [-0.25, -0.2) is 0 Å². The van der Waals surface area contributed by atoms with E-state index in [0.29, 0.717) is 5.41 Å². The van der Waals surface area contributed by atoms with E-state index in [4.69, 9.17) is 0 Å². The molecule has 0 rings (SSSR count). The van der Waals surface area contributed by atoms with Crippen molar-refractivity contribution in [2.24, 2.45) is 5.41 Å². The highest BCUT2D eigenvalue weighted by molar-refractivity contribution is 4.82. The number of hydrogen-bond donors (Lipinski definition) is 0. The average molecular weight is 170 g/mol. The molecule has 0 aliphatic carbocycles. The lowest BCUT2D eigenvalue weighted by molar-refractivity contribution is 0.389. The molecule has 2 radical (unpaired) electrons. The molecule has 0 fully saturated rings. The van der Waals surface area contributed by atoms with Crippen LogP contribution in [0.3, 0.4) is 0 Å². The molecule has 74 valence electrons. The van der Waals surface area contributed by atoms with E-state index >= 15 is 0 Å². The molecule has 0 atom stereocenters. The van der Waals surface area contributed by atoms with Gasteiger partial charge in [-0.3, -0.25) is 0 Å². The van der Waals surface area contributed by atoms with Crippen LogP contribution in [-0.2, 0) is 0 Å². The summed E-state index contributed by atoms with van der Waals surface area (Å²) in [5, 5.41) is 0. The van der Waals surface area contributed by atoms with Gasteiger partial charge in [0.15, 0.2) is 0 Å². The van der Waals surface area contributed by atoms with Crippen LogP contribution in [0.1, 0.15) is 61.8 Å². The lowest BCUT2D eigenvalue weighted by atomic mass is 9.86. The zero-order valence-electron chi connectivity index (χ0n) is 10.2. The molecule has 0 aliphatic rings. The van der Waals surface area contributed by atoms with E-state index in [1.165, 1.54) is 18.3 Å². The van der Waals surface area contributed by atoms with Gasteiger partial charge in [-0.1, -0.05) is 55.4 Å². The fourth-order valence-corrected chi connectivity index (χ4v) is 1.06. The molecule has 12 heavy (non-hydrogen) atoms. The van der Waals surface area contributed by atoms with Gasteiger partial charge in [-0.05, 0) is 23.7 Å². The molecule has 0 heterocycles. The second-order valence-electron chi connectivity index (χ2n) is 5.44. The maximum absolute atomic E-state index is 2.26. The van der Waals surface area contributed by atoms with Gasteiger partial charge in [-0.2, -0.15) is 0 Å². The van der Waals surface area contributed by atoms with Gasteiger partial charge in [-0.15, -0.1) is 0 Å². The molecule has 0 saturated carbocycles. The van der Waals surface area contributed by atoms with Crippen LogP contribution in [0.4, 0.5) is 0 Å². The van der Waals surface area contributed by atoms with Gasteiger partial charge in [0.05, 0.1) is 0 Å². The van der Waals surface area contributed by atoms with Crippen LogP contribution < -0.4 is 0 Å². The molecule has 0 N–H and O–H groups in total. The summed E-state index contributed by atoms with van der Waals surface area (Å²) in [7, 11) is 0. The van der Waals surface area contributed by atoms with E-state index in [9.17, 15) is 0 Å². The van der Waals surface area contributed by atoms with E-state index in [-0.39, 0.29) is 0 Å². The van der Waals surface area contributed by atoms with Gasteiger partial charge in [0.25, 0.3) is 0 Å². The summed E-state index contributed by atoms with van der Waals surface area (Å²) in [6.45, 7) is 17.4. The minimum absolute atomic E-state index is 0.485. The summed E-state index contributed by atoms with van der Waals surface area (Å²) in [5.74, 6) is 2.94. The van der Waals surface area contributed by atoms with Crippen molar-refractivity contribution in [3.8, 4) is 0 Å². The molecular weight excluding hydrogens is 144 g/mol. The summed E-state index contributed by atoms with van der Waals surface area (Å²) in [5.41, 5.74) is 0.485. The Balaban J connectivity index is 0. The van der Waals surface area contributed by atoms with E-state index in [2.05, 4.69) is 55.4 Å². The van der Waals surface area contributed by atoms with Crippen molar-refractivity contribution in [3.63, 3.8) is 0 Å². The quantitative estimate of drug-likeness (QED) is 0.537. The Morgan fingerprint density at radius 3 is 1.08 bits per heavy atom. The van der Waals surface area contributed by atoms with Crippen LogP contribution in [0.5, 0.6) is 0 Å². The molecule has 0 spiro atoms. The Morgan fingerprint density at radius 1 is 0.833 bits per heavy atom. The lowest BCUT2D eigenvalue weighted by Gasteiger charge is -2.19. The third-order valence-corrected chi connectivity index (χ3v) is 0.884. The highest BCUT2D eigenvalue weighted by atomic mass is 14.2. The van der Waals surface area contributed by atoms with Gasteiger partial charge < -0.3 is 0 Å². The van der Waals surface area contributed by atoms with Gasteiger partial charge in [0, 0.05) is 0 Å². The van der Waals surface area contributed by atoms with E-state index < -0.39 is 0 Å². The monoisotopic (exact) mass is 170 g/mol. The third-order valence-electron chi connectivity index (χ3n) is 0.884. The Labute approximate surface area is 79.8 Å². The molecule has 0 nitrogen and oxygen atoms in total. The van der Waals surface area contributed by atoms with Gasteiger partial charge >= 0.3 is 0 Å². The second-order valence-corrected chi connectivity index (χ2v) is 5.44. The fraction of sp³-hybridized carbons (Fsp3) is 0.833. The summed E-state index contributed by atoms with van der Waals surface area (Å²) in [4.78, 5) is 0. The molecule has 0 heteroatoms. The van der Waals surface area contributed by atoms with Crippen LogP contribution in [0.15, 0.2) is 0 Å². The van der Waals surface area contributed by atoms with Crippen LogP contribution in [0, 0.1) is 17.3 Å². The zero-order chi connectivity index (χ0) is 10.4. The number of rotatable bonds is 1. The number of hydrogen-bond acceptors (Lipinski definition) is 0. The first-order valence-electron chi connectivity index (χ1n) is 4.71. The van der Waals surface area contributed by atoms with Gasteiger partial charge in [0.1, 0.15) is 0 Å². The van der Waals surface area contributed by atoms with Crippen molar-refractivity contribution in [1.29, 1.82) is 0 Å². The van der Waals surface area contributed by atoms with Crippen molar-refractivity contribution in [2.75, 3.05) is 0 Å². The molecule has 0 aliphatic heterocycles. The van der Waals surface area contributed by atoms with Crippen molar-refractivity contribution in [1.82, 2.24) is 0 Å². The highest BCUT2D eigenvalue weighted by Crippen LogP contribution is 2.24. The molecule has 0 bridgehead atoms. The molecule has 0 amide bonds. The molecule has 0 aromatic heterocycles. The predicted octanol–water partition coefficient (Wildman–Crippen LogP) is 4.66. The minimum Gasteiger partial charge on any atom is -0.0602 e. The molecule has 0 saturated heterocycles. The maximum Gasteiger partial charge on any atom is -0.0298 e. The zero-order valence-corrected chi connectivity index (χ0v) is 10.2. The normalized spacial score (nSPS) is 11.5. The average Bonchev–Trinajstić information content (AvgIpc) is 1.52. The SMILES string of the molecule is C[C](C)C.C[C](C)CC(C)(C)C. The van der Waals surface area contributed by atoms with E-state index in [0.717, 1.165) is 0 Å². The van der Waals surface area contributed by atoms with Crippen molar-refractivity contribution in [2.45, 2.75) is 61.8 Å². The Kier molecular flexibility index (Phi) is 7.88. The maximum atomic E-state index is 2.26. The van der Waals surface area contributed by atoms with Crippen molar-refractivity contribution < 1.29 is 0 Å². The lowest BCUT2D eigenvalue weighted by Crippen LogP contribution is -2.07. The minimum atomic E-state index is 0.485. The van der Waals surface area contributed by atoms with E-state index in [1.807, 2.05) is 0 Å². The Morgan fingerprint density at radius 2 is 1.08 bits per heavy atom. The second kappa shape index (κ2) is 6.51. The van der Waals surface area contributed by atoms with Crippen LogP contribution in [0.2, 0.25) is 0 Å². The highest BCUT2D eigenvalue weighted by Gasteiger charge is 2.11. The van der Waals surface area contributed by atoms with Crippen LogP contribution >= 0.6 is 0 Å². The predicted molar refractivity (Wildman–Crippen MR) is 58.9 cm³/mol. The smallest absolute Gasteiger partial charge is 0.0298 e. The van der Waals surface area contributed by atoms with Crippen molar-refractivity contribution in [3.05, 3.63) is 11.8 Å². The summed E-state index contributed by atoms with van der Waals surface area (Å²) in [6, 6.07) is 0. The fourth-order valence-electron chi connectivity index (χ4n) is 1.06. The molecular formula is C12H26. The van der Waals surface area contributed by atoms with E-state index in [1.54, 1.807) is 0 Å². The van der Waals surface area contributed by atoms with Gasteiger partial charge in [0.2, 0.25) is 0 Å². The topological polar surface area (TPSA) is 0 Å². The first-order chi connectivity index (χ1) is 5.15. The first-order valence-corrected chi connectivity index (χ1v) is 4.71. The van der Waals surface area contributed by atoms with Crippen molar-refractivity contribution >= 4 is 0 Å². The summed E-state index contributed by atoms with van der Waals surface area (Å²) < 4.78 is 0.